The molecule has 18 heavy (non-hydrogen) atoms. The van der Waals surface area contributed by atoms with Crippen LogP contribution in [0.4, 0.5) is 13.2 Å². The van der Waals surface area contributed by atoms with E-state index < -0.39 is 11.9 Å². The molecule has 1 atom stereocenters. The maximum Gasteiger partial charge on any atom is 0.435 e. The van der Waals surface area contributed by atoms with Crippen molar-refractivity contribution in [3.8, 4) is 0 Å². The molecule has 1 unspecified atom stereocenters. The van der Waals surface area contributed by atoms with Crippen molar-refractivity contribution in [1.29, 1.82) is 0 Å². The van der Waals surface area contributed by atoms with Gasteiger partial charge in [0.1, 0.15) is 0 Å². The zero-order chi connectivity index (χ0) is 12.5. The van der Waals surface area contributed by atoms with Gasteiger partial charge in [0.25, 0.3) is 0 Å². The highest BCUT2D eigenvalue weighted by molar-refractivity contribution is 5.85. The maximum absolute atomic E-state index is 12.3. The molecule has 1 aromatic rings. The quantitative estimate of drug-likeness (QED) is 0.887. The number of H-pyrrole nitrogens is 1. The van der Waals surface area contributed by atoms with E-state index in [0.717, 1.165) is 25.6 Å². The Balaban J connectivity index is 0.00000162. The summed E-state index contributed by atoms with van der Waals surface area (Å²) in [5.74, 6) is 0. The molecular weight excluding hydrogens is 269 g/mol. The van der Waals surface area contributed by atoms with Crippen molar-refractivity contribution < 1.29 is 13.2 Å². The van der Waals surface area contributed by atoms with Crippen LogP contribution < -0.4 is 5.32 Å². The predicted octanol–water partition coefficient (Wildman–Crippen LogP) is 1.64. The first-order valence-electron chi connectivity index (χ1n) is 5.50. The van der Waals surface area contributed by atoms with Gasteiger partial charge in [0.05, 0.1) is 0 Å². The van der Waals surface area contributed by atoms with E-state index in [1.165, 1.54) is 0 Å². The Hall–Kier alpha value is -0.790. The molecule has 1 aliphatic rings. The summed E-state index contributed by atoms with van der Waals surface area (Å²) in [4.78, 5) is 2.11. The van der Waals surface area contributed by atoms with Gasteiger partial charge >= 0.3 is 6.18 Å². The van der Waals surface area contributed by atoms with E-state index in [4.69, 9.17) is 0 Å². The summed E-state index contributed by atoms with van der Waals surface area (Å²) < 4.78 is 37.0. The second kappa shape index (κ2) is 5.90. The van der Waals surface area contributed by atoms with E-state index in [0.29, 0.717) is 18.3 Å². The molecule has 1 aromatic heterocycles. The summed E-state index contributed by atoms with van der Waals surface area (Å²) in [7, 11) is 1.89. The number of alkyl halides is 3. The van der Waals surface area contributed by atoms with Crippen LogP contribution in [0.2, 0.25) is 0 Å². The molecule has 1 aliphatic heterocycles. The van der Waals surface area contributed by atoms with E-state index >= 15 is 0 Å². The van der Waals surface area contributed by atoms with Crippen LogP contribution in [0.3, 0.4) is 0 Å². The molecule has 0 aromatic carbocycles. The third-order valence-corrected chi connectivity index (χ3v) is 3.00. The minimum absolute atomic E-state index is 0. The molecule has 1 saturated heterocycles. The number of halogens is 4. The van der Waals surface area contributed by atoms with Gasteiger partial charge in [-0.25, -0.2) is 0 Å². The SMILES string of the molecule is CNC1CCN(Cc2cc(C(F)(F)F)n[nH]2)C1.Cl. The molecule has 8 heteroatoms. The molecule has 4 nitrogen and oxygen atoms in total. The number of likely N-dealkylation sites (N-methyl/N-ethyl adjacent to an activating group) is 1. The van der Waals surface area contributed by atoms with E-state index in [9.17, 15) is 13.2 Å². The summed E-state index contributed by atoms with van der Waals surface area (Å²) in [6.07, 6.45) is -3.34. The van der Waals surface area contributed by atoms with Gasteiger partial charge in [0, 0.05) is 31.4 Å². The minimum atomic E-state index is -4.37. The van der Waals surface area contributed by atoms with Gasteiger partial charge in [-0.3, -0.25) is 10.00 Å². The summed E-state index contributed by atoms with van der Waals surface area (Å²) in [5.41, 5.74) is -0.342. The number of nitrogens with one attached hydrogen (secondary N) is 2. The normalized spacial score (nSPS) is 21.0. The number of nitrogens with zero attached hydrogens (tertiary/aromatic N) is 2. The lowest BCUT2D eigenvalue weighted by atomic mass is 10.3. The van der Waals surface area contributed by atoms with Crippen LogP contribution in [0.5, 0.6) is 0 Å². The molecule has 2 heterocycles. The van der Waals surface area contributed by atoms with Crippen molar-refractivity contribution in [3.63, 3.8) is 0 Å². The highest BCUT2D eigenvalue weighted by Crippen LogP contribution is 2.28. The zero-order valence-electron chi connectivity index (χ0n) is 9.92. The second-order valence-corrected chi connectivity index (χ2v) is 4.29. The van der Waals surface area contributed by atoms with Crippen LogP contribution >= 0.6 is 12.4 Å². The average Bonchev–Trinajstić information content (AvgIpc) is 2.86. The minimum Gasteiger partial charge on any atom is -0.316 e. The number of hydrogen-bond acceptors (Lipinski definition) is 3. The Bertz CT molecular complexity index is 379. The average molecular weight is 285 g/mol. The van der Waals surface area contributed by atoms with Gasteiger partial charge in [0.15, 0.2) is 5.69 Å². The summed E-state index contributed by atoms with van der Waals surface area (Å²) in [6.45, 7) is 2.24. The largest absolute Gasteiger partial charge is 0.435 e. The fourth-order valence-electron chi connectivity index (χ4n) is 2.04. The van der Waals surface area contributed by atoms with Gasteiger partial charge < -0.3 is 5.32 Å². The fourth-order valence-corrected chi connectivity index (χ4v) is 2.04. The summed E-state index contributed by atoms with van der Waals surface area (Å²) >= 11 is 0. The van der Waals surface area contributed by atoms with Crippen LogP contribution in [-0.2, 0) is 12.7 Å². The molecule has 1 fully saturated rings. The first kappa shape index (κ1) is 15.3. The molecule has 0 aliphatic carbocycles. The van der Waals surface area contributed by atoms with Crippen molar-refractivity contribution in [1.82, 2.24) is 20.4 Å². The highest BCUT2D eigenvalue weighted by Gasteiger charge is 2.34. The second-order valence-electron chi connectivity index (χ2n) is 4.29. The van der Waals surface area contributed by atoms with E-state index in [1.54, 1.807) is 0 Å². The lowest BCUT2D eigenvalue weighted by molar-refractivity contribution is -0.141. The highest BCUT2D eigenvalue weighted by atomic mass is 35.5. The monoisotopic (exact) mass is 284 g/mol. The third kappa shape index (κ3) is 3.60. The molecule has 2 rings (SSSR count). The Morgan fingerprint density at radius 2 is 2.28 bits per heavy atom. The van der Waals surface area contributed by atoms with Gasteiger partial charge in [-0.2, -0.15) is 18.3 Å². The first-order chi connectivity index (χ1) is 7.99. The summed E-state index contributed by atoms with van der Waals surface area (Å²) in [6, 6.07) is 1.51. The van der Waals surface area contributed by atoms with Crippen molar-refractivity contribution in [2.75, 3.05) is 20.1 Å². The van der Waals surface area contributed by atoms with Crippen molar-refractivity contribution in [2.45, 2.75) is 25.2 Å². The predicted molar refractivity (Wildman–Crippen MR) is 63.6 cm³/mol. The Labute approximate surface area is 109 Å². The van der Waals surface area contributed by atoms with Crippen LogP contribution in [0.1, 0.15) is 17.8 Å². The Kier molecular flexibility index (Phi) is 5.01. The summed E-state index contributed by atoms with van der Waals surface area (Å²) in [5, 5.41) is 8.88. The molecule has 0 amide bonds. The smallest absolute Gasteiger partial charge is 0.316 e. The molecular formula is C10H16ClF3N4. The van der Waals surface area contributed by atoms with Gasteiger partial charge in [-0.1, -0.05) is 0 Å². The number of likely N-dealkylation sites (tertiary alicyclic amines) is 1. The van der Waals surface area contributed by atoms with Gasteiger partial charge in [0.2, 0.25) is 0 Å². The number of hydrogen-bond donors (Lipinski definition) is 2. The van der Waals surface area contributed by atoms with Crippen LogP contribution in [0, 0.1) is 0 Å². The van der Waals surface area contributed by atoms with Gasteiger partial charge in [-0.15, -0.1) is 12.4 Å². The maximum atomic E-state index is 12.3. The van der Waals surface area contributed by atoms with Crippen molar-refractivity contribution in [2.24, 2.45) is 0 Å². The van der Waals surface area contributed by atoms with Crippen molar-refractivity contribution >= 4 is 12.4 Å². The molecule has 0 spiro atoms. The lowest BCUT2D eigenvalue weighted by Gasteiger charge is -2.14. The number of rotatable bonds is 3. The Morgan fingerprint density at radius 1 is 1.56 bits per heavy atom. The van der Waals surface area contributed by atoms with Crippen molar-refractivity contribution in [3.05, 3.63) is 17.5 Å². The van der Waals surface area contributed by atoms with E-state index in [2.05, 4.69) is 20.4 Å². The first-order valence-corrected chi connectivity index (χ1v) is 5.50. The molecule has 2 N–H and O–H groups in total. The van der Waals surface area contributed by atoms with Crippen LogP contribution in [-0.4, -0.2) is 41.3 Å². The lowest BCUT2D eigenvalue weighted by Crippen LogP contribution is -2.29. The van der Waals surface area contributed by atoms with Crippen LogP contribution in [0.15, 0.2) is 6.07 Å². The fraction of sp³-hybridized carbons (Fsp3) is 0.700. The standard InChI is InChI=1S/C10H15F3N4.ClH/c1-14-7-2-3-17(5-7)6-8-4-9(16-15-8)10(11,12)13;/h4,7,14H,2-3,5-6H2,1H3,(H,15,16);1H. The molecule has 0 bridgehead atoms. The number of aromatic amines is 1. The zero-order valence-corrected chi connectivity index (χ0v) is 10.7. The third-order valence-electron chi connectivity index (χ3n) is 3.00. The molecule has 0 radical (unpaired) electrons. The molecule has 104 valence electrons. The topological polar surface area (TPSA) is 44.0 Å². The van der Waals surface area contributed by atoms with Gasteiger partial charge in [-0.05, 0) is 19.5 Å². The van der Waals surface area contributed by atoms with E-state index in [1.807, 2.05) is 7.05 Å². The molecule has 0 saturated carbocycles. The Morgan fingerprint density at radius 3 is 2.78 bits per heavy atom. The number of aromatic nitrogens is 2. The van der Waals surface area contributed by atoms with E-state index in [-0.39, 0.29) is 12.4 Å². The van der Waals surface area contributed by atoms with Crippen LogP contribution in [0.25, 0.3) is 0 Å².